The fourth-order valence-corrected chi connectivity index (χ4v) is 4.43. The van der Waals surface area contributed by atoms with E-state index in [0.29, 0.717) is 6.54 Å². The maximum Gasteiger partial charge on any atom is 0.416 e. The molecule has 1 unspecified atom stereocenters. The Morgan fingerprint density at radius 2 is 1.64 bits per heavy atom. The molecule has 1 heterocycles. The smallest absolute Gasteiger partial charge is 0.346 e. The lowest BCUT2D eigenvalue weighted by Crippen LogP contribution is -2.43. The maximum atomic E-state index is 12.9. The van der Waals surface area contributed by atoms with Crippen LogP contribution in [0.2, 0.25) is 0 Å². The van der Waals surface area contributed by atoms with Crippen molar-refractivity contribution in [2.45, 2.75) is 52.3 Å². The van der Waals surface area contributed by atoms with Crippen LogP contribution < -0.4 is 10.6 Å². The van der Waals surface area contributed by atoms with E-state index in [-0.39, 0.29) is 30.9 Å². The van der Waals surface area contributed by atoms with Gasteiger partial charge in [-0.15, -0.1) is 0 Å². The lowest BCUT2D eigenvalue weighted by atomic mass is 9.94. The summed E-state index contributed by atoms with van der Waals surface area (Å²) in [6, 6.07) is 8.99. The lowest BCUT2D eigenvalue weighted by molar-refractivity contribution is -0.137. The molecule has 178 valence electrons. The first-order chi connectivity index (χ1) is 15.5. The number of nitrogens with zero attached hydrogens (tertiary/aromatic N) is 1. The van der Waals surface area contributed by atoms with Gasteiger partial charge >= 0.3 is 6.18 Å². The van der Waals surface area contributed by atoms with Gasteiger partial charge in [0.05, 0.1) is 18.7 Å². The molecule has 0 bridgehead atoms. The number of benzene rings is 2. The zero-order valence-electron chi connectivity index (χ0n) is 19.2. The molecule has 0 saturated carbocycles. The number of hydrogen-bond acceptors (Lipinski definition) is 3. The SMILES string of the molecule is Cc1cc(C)c(NC(=O)CNC(=O)CN2CCCCC2c2ccc(C(F)(F)F)cc2)c(C)c1. The first-order valence-corrected chi connectivity index (χ1v) is 11.1. The van der Waals surface area contributed by atoms with Crippen LogP contribution in [0, 0.1) is 20.8 Å². The molecular weight excluding hydrogens is 431 g/mol. The van der Waals surface area contributed by atoms with Gasteiger partial charge in [0.15, 0.2) is 0 Å². The Morgan fingerprint density at radius 3 is 2.24 bits per heavy atom. The fourth-order valence-electron chi connectivity index (χ4n) is 4.43. The molecule has 1 aliphatic heterocycles. The zero-order chi connectivity index (χ0) is 24.2. The molecule has 1 fully saturated rings. The van der Waals surface area contributed by atoms with Crippen LogP contribution in [0.1, 0.15) is 53.1 Å². The molecule has 0 spiro atoms. The van der Waals surface area contributed by atoms with Crippen LogP contribution in [0.5, 0.6) is 0 Å². The second-order valence-electron chi connectivity index (χ2n) is 8.70. The summed E-state index contributed by atoms with van der Waals surface area (Å²) in [5.74, 6) is -0.599. The molecule has 0 aliphatic carbocycles. The van der Waals surface area contributed by atoms with E-state index in [1.807, 2.05) is 37.8 Å². The number of anilines is 1. The van der Waals surface area contributed by atoms with E-state index in [9.17, 15) is 22.8 Å². The quantitative estimate of drug-likeness (QED) is 0.643. The van der Waals surface area contributed by atoms with Gasteiger partial charge in [0.25, 0.3) is 0 Å². The van der Waals surface area contributed by atoms with E-state index < -0.39 is 11.7 Å². The Bertz CT molecular complexity index is 980. The molecule has 5 nitrogen and oxygen atoms in total. The van der Waals surface area contributed by atoms with Gasteiger partial charge in [0, 0.05) is 11.7 Å². The van der Waals surface area contributed by atoms with Gasteiger partial charge in [-0.3, -0.25) is 14.5 Å². The third kappa shape index (κ3) is 6.57. The van der Waals surface area contributed by atoms with Crippen molar-refractivity contribution in [3.8, 4) is 0 Å². The summed E-state index contributed by atoms with van der Waals surface area (Å²) in [6.07, 6.45) is -1.75. The van der Waals surface area contributed by atoms with Crippen molar-refractivity contribution in [3.05, 3.63) is 64.2 Å². The van der Waals surface area contributed by atoms with Crippen molar-refractivity contribution < 1.29 is 22.8 Å². The molecule has 2 amide bonds. The van der Waals surface area contributed by atoms with Crippen molar-refractivity contribution in [1.29, 1.82) is 0 Å². The molecule has 2 aromatic carbocycles. The molecule has 2 N–H and O–H groups in total. The monoisotopic (exact) mass is 461 g/mol. The lowest BCUT2D eigenvalue weighted by Gasteiger charge is -2.35. The number of nitrogens with one attached hydrogen (secondary N) is 2. The van der Waals surface area contributed by atoms with Crippen LogP contribution in [0.25, 0.3) is 0 Å². The third-order valence-electron chi connectivity index (χ3n) is 5.97. The van der Waals surface area contributed by atoms with Crippen molar-refractivity contribution in [3.63, 3.8) is 0 Å². The standard InChI is InChI=1S/C25H30F3N3O2/c1-16-12-17(2)24(18(3)13-16)30-22(32)14-29-23(33)15-31-11-5-4-6-21(31)19-7-9-20(10-8-19)25(26,27)28/h7-10,12-13,21H,4-6,11,14-15H2,1-3H3,(H,29,33)(H,30,32). The number of likely N-dealkylation sites (tertiary alicyclic amines) is 1. The number of carbonyl (C=O) groups is 2. The fraction of sp³-hybridized carbons (Fsp3) is 0.440. The predicted molar refractivity (Wildman–Crippen MR) is 122 cm³/mol. The van der Waals surface area contributed by atoms with Crippen molar-refractivity contribution in [1.82, 2.24) is 10.2 Å². The molecule has 1 atom stereocenters. The minimum atomic E-state index is -4.37. The topological polar surface area (TPSA) is 61.4 Å². The minimum Gasteiger partial charge on any atom is -0.346 e. The van der Waals surface area contributed by atoms with E-state index in [4.69, 9.17) is 0 Å². The number of rotatable bonds is 6. The van der Waals surface area contributed by atoms with Crippen LogP contribution in [0.3, 0.4) is 0 Å². The summed E-state index contributed by atoms with van der Waals surface area (Å²) in [4.78, 5) is 26.9. The highest BCUT2D eigenvalue weighted by molar-refractivity contribution is 5.96. The van der Waals surface area contributed by atoms with Crippen molar-refractivity contribution in [2.75, 3.05) is 25.0 Å². The Labute approximate surface area is 192 Å². The Morgan fingerprint density at radius 1 is 1.00 bits per heavy atom. The van der Waals surface area contributed by atoms with E-state index in [0.717, 1.165) is 59.3 Å². The Kier molecular flexibility index (Phi) is 7.79. The van der Waals surface area contributed by atoms with Crippen LogP contribution in [-0.2, 0) is 15.8 Å². The first-order valence-electron chi connectivity index (χ1n) is 11.1. The second kappa shape index (κ2) is 10.4. The van der Waals surface area contributed by atoms with E-state index in [1.165, 1.54) is 12.1 Å². The number of alkyl halides is 3. The third-order valence-corrected chi connectivity index (χ3v) is 5.97. The molecule has 8 heteroatoms. The molecule has 1 saturated heterocycles. The summed E-state index contributed by atoms with van der Waals surface area (Å²) >= 11 is 0. The average Bonchev–Trinajstić information content (AvgIpc) is 2.75. The molecule has 2 aromatic rings. The van der Waals surface area contributed by atoms with Gasteiger partial charge in [-0.25, -0.2) is 0 Å². The van der Waals surface area contributed by atoms with Crippen LogP contribution in [0.15, 0.2) is 36.4 Å². The van der Waals surface area contributed by atoms with Gasteiger partial charge in [0.2, 0.25) is 11.8 Å². The molecular formula is C25H30F3N3O2. The average molecular weight is 462 g/mol. The van der Waals surface area contributed by atoms with Crippen molar-refractivity contribution >= 4 is 17.5 Å². The Balaban J connectivity index is 1.56. The zero-order valence-corrected chi connectivity index (χ0v) is 19.2. The van der Waals surface area contributed by atoms with Gasteiger partial charge in [-0.1, -0.05) is 36.2 Å². The number of aryl methyl sites for hydroxylation is 3. The van der Waals surface area contributed by atoms with Crippen LogP contribution in [-0.4, -0.2) is 36.3 Å². The normalized spacial score (nSPS) is 17.0. The van der Waals surface area contributed by atoms with Gasteiger partial charge in [-0.2, -0.15) is 13.2 Å². The van der Waals surface area contributed by atoms with E-state index >= 15 is 0 Å². The molecule has 0 radical (unpaired) electrons. The number of carbonyl (C=O) groups excluding carboxylic acids is 2. The summed E-state index contributed by atoms with van der Waals surface area (Å²) in [5, 5.41) is 5.52. The Hall–Kier alpha value is -2.87. The van der Waals surface area contributed by atoms with Crippen LogP contribution >= 0.6 is 0 Å². The summed E-state index contributed by atoms with van der Waals surface area (Å²) in [7, 11) is 0. The molecule has 3 rings (SSSR count). The van der Waals surface area contributed by atoms with Gasteiger partial charge in [-0.05, 0) is 69.0 Å². The minimum absolute atomic E-state index is 0.0849. The first kappa shape index (κ1) is 24.8. The van der Waals surface area contributed by atoms with Crippen molar-refractivity contribution in [2.24, 2.45) is 0 Å². The summed E-state index contributed by atoms with van der Waals surface area (Å²) in [5.41, 5.74) is 3.86. The number of piperidine rings is 1. The van der Waals surface area contributed by atoms with E-state index in [1.54, 1.807) is 0 Å². The highest BCUT2D eigenvalue weighted by Gasteiger charge is 2.31. The molecule has 1 aliphatic rings. The van der Waals surface area contributed by atoms with Gasteiger partial charge < -0.3 is 10.6 Å². The highest BCUT2D eigenvalue weighted by atomic mass is 19.4. The van der Waals surface area contributed by atoms with Crippen LogP contribution in [0.4, 0.5) is 18.9 Å². The second-order valence-corrected chi connectivity index (χ2v) is 8.70. The van der Waals surface area contributed by atoms with Gasteiger partial charge in [0.1, 0.15) is 0 Å². The highest BCUT2D eigenvalue weighted by Crippen LogP contribution is 2.34. The number of halogens is 3. The molecule has 0 aromatic heterocycles. The largest absolute Gasteiger partial charge is 0.416 e. The predicted octanol–water partition coefficient (Wildman–Crippen LogP) is 4.91. The maximum absolute atomic E-state index is 12.9. The van der Waals surface area contributed by atoms with E-state index in [2.05, 4.69) is 10.6 Å². The summed E-state index contributed by atoms with van der Waals surface area (Å²) < 4.78 is 38.6. The number of amides is 2. The number of hydrogen-bond donors (Lipinski definition) is 2. The summed E-state index contributed by atoms with van der Waals surface area (Å²) in [6.45, 7) is 6.45. The molecule has 33 heavy (non-hydrogen) atoms.